The van der Waals surface area contributed by atoms with Gasteiger partial charge in [0.05, 0.1) is 12.1 Å². The van der Waals surface area contributed by atoms with Crippen LogP contribution in [0.1, 0.15) is 38.8 Å². The third-order valence-corrected chi connectivity index (χ3v) is 4.48. The molecule has 0 saturated carbocycles. The number of hydrogen-bond acceptors (Lipinski definition) is 5. The smallest absolute Gasteiger partial charge is 0.415 e. The molecule has 1 aromatic heterocycles. The minimum absolute atomic E-state index is 0.00801. The summed E-state index contributed by atoms with van der Waals surface area (Å²) in [6.07, 6.45) is 2.22. The number of nitrogens with one attached hydrogen (secondary N) is 1. The first-order valence-electron chi connectivity index (χ1n) is 8.70. The van der Waals surface area contributed by atoms with Crippen molar-refractivity contribution >= 4 is 17.9 Å². The lowest BCUT2D eigenvalue weighted by Crippen LogP contribution is -2.37. The number of aromatic nitrogens is 2. The van der Waals surface area contributed by atoms with Crippen LogP contribution in [-0.4, -0.2) is 28.7 Å². The molecule has 1 aromatic carbocycles. The Morgan fingerprint density at radius 2 is 2.04 bits per heavy atom. The van der Waals surface area contributed by atoms with Gasteiger partial charge in [0, 0.05) is 6.20 Å². The molecule has 2 aromatic rings. The summed E-state index contributed by atoms with van der Waals surface area (Å²) in [5.41, 5.74) is 1.18. The van der Waals surface area contributed by atoms with Crippen LogP contribution in [0.5, 0.6) is 0 Å². The average Bonchev–Trinajstić information content (AvgIpc) is 3.02. The molecule has 2 heterocycles. The molecule has 0 aliphatic carbocycles. The lowest BCUT2D eigenvalue weighted by Gasteiger charge is -2.24. The van der Waals surface area contributed by atoms with E-state index in [-0.39, 0.29) is 24.1 Å². The van der Waals surface area contributed by atoms with Crippen molar-refractivity contribution in [2.75, 3.05) is 16.8 Å². The van der Waals surface area contributed by atoms with E-state index < -0.39 is 0 Å². The zero-order valence-corrected chi connectivity index (χ0v) is 14.8. The number of carbonyl (C=O) groups is 1. The number of hydrogen-bond donors (Lipinski definition) is 1. The van der Waals surface area contributed by atoms with Gasteiger partial charge in [-0.15, -0.1) is 0 Å². The summed E-state index contributed by atoms with van der Waals surface area (Å²) in [5.74, 6) is 1.36. The lowest BCUT2D eigenvalue weighted by atomic mass is 10.0. The molecule has 132 valence electrons. The Balaban J connectivity index is 1.83. The molecule has 6 nitrogen and oxygen atoms in total. The third-order valence-electron chi connectivity index (χ3n) is 4.48. The second-order valence-electron chi connectivity index (χ2n) is 6.51. The van der Waals surface area contributed by atoms with E-state index in [1.165, 1.54) is 5.56 Å². The third kappa shape index (κ3) is 3.73. The number of benzene rings is 1. The molecule has 1 fully saturated rings. The van der Waals surface area contributed by atoms with E-state index in [0.29, 0.717) is 18.4 Å². The van der Waals surface area contributed by atoms with E-state index in [1.54, 1.807) is 17.2 Å². The van der Waals surface area contributed by atoms with Crippen LogP contribution in [0, 0.1) is 5.92 Å². The van der Waals surface area contributed by atoms with Gasteiger partial charge < -0.3 is 10.1 Å². The van der Waals surface area contributed by atoms with Crippen LogP contribution in [0.4, 0.5) is 16.6 Å². The highest BCUT2D eigenvalue weighted by Crippen LogP contribution is 2.27. The van der Waals surface area contributed by atoms with Crippen molar-refractivity contribution in [1.29, 1.82) is 0 Å². The average molecular weight is 340 g/mol. The zero-order valence-electron chi connectivity index (χ0n) is 14.8. The minimum Gasteiger partial charge on any atom is -0.447 e. The van der Waals surface area contributed by atoms with Gasteiger partial charge in [-0.1, -0.05) is 51.1 Å². The monoisotopic (exact) mass is 340 g/mol. The topological polar surface area (TPSA) is 67.4 Å². The van der Waals surface area contributed by atoms with Gasteiger partial charge in [0.15, 0.2) is 0 Å². The number of cyclic esters (lactones) is 1. The van der Waals surface area contributed by atoms with Crippen molar-refractivity contribution in [3.63, 3.8) is 0 Å². The van der Waals surface area contributed by atoms with Crippen molar-refractivity contribution in [3.05, 3.63) is 48.2 Å². The largest absolute Gasteiger partial charge is 0.447 e. The van der Waals surface area contributed by atoms with E-state index in [2.05, 4.69) is 48.2 Å². The predicted molar refractivity (Wildman–Crippen MR) is 97.6 cm³/mol. The Labute approximate surface area is 148 Å². The molecule has 0 radical (unpaired) electrons. The predicted octanol–water partition coefficient (Wildman–Crippen LogP) is 4.02. The molecule has 0 bridgehead atoms. The van der Waals surface area contributed by atoms with E-state index in [9.17, 15) is 4.79 Å². The minimum atomic E-state index is -0.349. The Morgan fingerprint density at radius 3 is 2.72 bits per heavy atom. The molecule has 3 rings (SSSR count). The van der Waals surface area contributed by atoms with Gasteiger partial charge in [0.25, 0.3) is 0 Å². The Bertz CT molecular complexity index is 720. The van der Waals surface area contributed by atoms with Crippen molar-refractivity contribution in [2.24, 2.45) is 5.92 Å². The van der Waals surface area contributed by atoms with Crippen molar-refractivity contribution in [2.45, 2.75) is 39.3 Å². The van der Waals surface area contributed by atoms with Crippen LogP contribution in [0.2, 0.25) is 0 Å². The van der Waals surface area contributed by atoms with Crippen LogP contribution in [0.25, 0.3) is 0 Å². The maximum Gasteiger partial charge on any atom is 0.415 e. The van der Waals surface area contributed by atoms with Gasteiger partial charge in [-0.2, -0.15) is 4.98 Å². The van der Waals surface area contributed by atoms with Crippen molar-refractivity contribution in [3.8, 4) is 0 Å². The number of nitrogens with zero attached hydrogens (tertiary/aromatic N) is 3. The second-order valence-corrected chi connectivity index (χ2v) is 6.51. The van der Waals surface area contributed by atoms with Gasteiger partial charge in [-0.3, -0.25) is 4.90 Å². The Hall–Kier alpha value is -2.63. The molecule has 6 heteroatoms. The van der Waals surface area contributed by atoms with Crippen LogP contribution < -0.4 is 10.2 Å². The Morgan fingerprint density at radius 1 is 1.28 bits per heavy atom. The molecule has 2 atom stereocenters. The maximum atomic E-state index is 12.1. The molecular weight excluding hydrogens is 316 g/mol. The quantitative estimate of drug-likeness (QED) is 0.860. The molecule has 25 heavy (non-hydrogen) atoms. The van der Waals surface area contributed by atoms with E-state index >= 15 is 0 Å². The summed E-state index contributed by atoms with van der Waals surface area (Å²) in [5, 5.41) is 3.37. The highest BCUT2D eigenvalue weighted by Gasteiger charge is 2.37. The second kappa shape index (κ2) is 7.51. The summed E-state index contributed by atoms with van der Waals surface area (Å²) in [7, 11) is 0. The van der Waals surface area contributed by atoms with E-state index in [4.69, 9.17) is 4.74 Å². The first-order valence-corrected chi connectivity index (χ1v) is 8.70. The molecule has 1 amide bonds. The molecule has 1 aliphatic heterocycles. The van der Waals surface area contributed by atoms with Gasteiger partial charge in [0.1, 0.15) is 12.4 Å². The zero-order chi connectivity index (χ0) is 17.8. The first kappa shape index (κ1) is 17.2. The number of amides is 1. The lowest BCUT2D eigenvalue weighted by molar-refractivity contribution is 0.177. The molecule has 1 aliphatic rings. The number of carbonyl (C=O) groups excluding carboxylic acids is 1. The highest BCUT2D eigenvalue weighted by atomic mass is 16.6. The normalized spacial score (nSPS) is 18.3. The van der Waals surface area contributed by atoms with Crippen LogP contribution >= 0.6 is 0 Å². The summed E-state index contributed by atoms with van der Waals surface area (Å²) < 4.78 is 5.21. The fourth-order valence-electron chi connectivity index (χ4n) is 3.01. The maximum absolute atomic E-state index is 12.1. The van der Waals surface area contributed by atoms with Gasteiger partial charge in [0.2, 0.25) is 5.95 Å². The molecular formula is C19H24N4O2. The SMILES string of the molecule is CC[C@@H](Nc1nccc(N2C(=O)OC[C@@H]2C(C)C)n1)c1ccccc1. The number of rotatable bonds is 6. The van der Waals surface area contributed by atoms with Crippen molar-refractivity contribution in [1.82, 2.24) is 9.97 Å². The molecule has 0 unspecified atom stereocenters. The summed E-state index contributed by atoms with van der Waals surface area (Å²) >= 11 is 0. The van der Waals surface area contributed by atoms with E-state index in [1.807, 2.05) is 18.2 Å². The summed E-state index contributed by atoms with van der Waals surface area (Å²) in [6.45, 7) is 6.65. The van der Waals surface area contributed by atoms with Gasteiger partial charge in [-0.25, -0.2) is 9.78 Å². The van der Waals surface area contributed by atoms with Crippen molar-refractivity contribution < 1.29 is 9.53 Å². The fourth-order valence-corrected chi connectivity index (χ4v) is 3.01. The highest BCUT2D eigenvalue weighted by molar-refractivity contribution is 5.89. The summed E-state index contributed by atoms with van der Waals surface area (Å²) in [4.78, 5) is 22.6. The van der Waals surface area contributed by atoms with Gasteiger partial charge >= 0.3 is 6.09 Å². The van der Waals surface area contributed by atoms with Crippen LogP contribution in [0.3, 0.4) is 0 Å². The first-order chi connectivity index (χ1) is 12.1. The van der Waals surface area contributed by atoms with Crippen LogP contribution in [0.15, 0.2) is 42.6 Å². The standard InChI is InChI=1S/C19H24N4O2/c1-4-15(14-8-6-5-7-9-14)21-18-20-11-10-17(22-18)23-16(13(2)3)12-25-19(23)24/h5-11,13,15-16H,4,12H2,1-3H3,(H,20,21,22)/t15-,16-/m1/s1. The molecule has 0 spiro atoms. The molecule has 1 N–H and O–H groups in total. The summed E-state index contributed by atoms with van der Waals surface area (Å²) in [6, 6.07) is 12.0. The number of anilines is 2. The fraction of sp³-hybridized carbons (Fsp3) is 0.421. The number of ether oxygens (including phenoxy) is 1. The van der Waals surface area contributed by atoms with Crippen LogP contribution in [-0.2, 0) is 4.74 Å². The van der Waals surface area contributed by atoms with E-state index in [0.717, 1.165) is 6.42 Å². The Kier molecular flexibility index (Phi) is 5.16. The van der Waals surface area contributed by atoms with Gasteiger partial charge in [-0.05, 0) is 24.0 Å². The molecule has 1 saturated heterocycles.